The van der Waals surface area contributed by atoms with Gasteiger partial charge in [0.25, 0.3) is 0 Å². The lowest BCUT2D eigenvalue weighted by Gasteiger charge is -2.15. The second kappa shape index (κ2) is 12.2. The standard InChI is InChI=1S/C17H27N3O2S.ClH/c1-12(2)16(18)17(22)20-10-15(21)19-8-9-23-11-14-6-4-13(3)5-7-14;/h4-7,12,16H,8-11,18H2,1-3H3,(H,19,21)(H,20,22);1H/t16-;/m0./s1. The van der Waals surface area contributed by atoms with Crippen LogP contribution in [0.3, 0.4) is 0 Å². The topological polar surface area (TPSA) is 84.2 Å². The van der Waals surface area contributed by atoms with Crippen molar-refractivity contribution in [2.75, 3.05) is 18.8 Å². The molecule has 0 radical (unpaired) electrons. The second-order valence-electron chi connectivity index (χ2n) is 5.88. The number of carbonyl (C=O) groups excluding carboxylic acids is 2. The maximum absolute atomic E-state index is 11.6. The minimum atomic E-state index is -0.576. The summed E-state index contributed by atoms with van der Waals surface area (Å²) in [6, 6.07) is 7.86. The highest BCUT2D eigenvalue weighted by Crippen LogP contribution is 2.12. The molecule has 0 unspecified atom stereocenters. The van der Waals surface area contributed by atoms with Crippen molar-refractivity contribution in [1.82, 2.24) is 10.6 Å². The average molecular weight is 374 g/mol. The van der Waals surface area contributed by atoms with Gasteiger partial charge in [0.15, 0.2) is 0 Å². The van der Waals surface area contributed by atoms with Gasteiger partial charge in [0.05, 0.1) is 12.6 Å². The zero-order valence-corrected chi connectivity index (χ0v) is 16.1. The Morgan fingerprint density at radius 1 is 1.17 bits per heavy atom. The van der Waals surface area contributed by atoms with E-state index in [0.717, 1.165) is 11.5 Å². The fraction of sp³-hybridized carbons (Fsp3) is 0.529. The van der Waals surface area contributed by atoms with Crippen LogP contribution in [0.2, 0.25) is 0 Å². The zero-order chi connectivity index (χ0) is 17.2. The molecule has 0 aliphatic carbocycles. The zero-order valence-electron chi connectivity index (χ0n) is 14.5. The summed E-state index contributed by atoms with van der Waals surface area (Å²) >= 11 is 1.77. The summed E-state index contributed by atoms with van der Waals surface area (Å²) in [4.78, 5) is 23.3. The Kier molecular flexibility index (Phi) is 11.5. The number of rotatable bonds is 9. The van der Waals surface area contributed by atoms with E-state index in [4.69, 9.17) is 5.73 Å². The third kappa shape index (κ3) is 9.15. The van der Waals surface area contributed by atoms with Crippen LogP contribution in [0.15, 0.2) is 24.3 Å². The minimum absolute atomic E-state index is 0. The molecule has 5 nitrogen and oxygen atoms in total. The molecule has 24 heavy (non-hydrogen) atoms. The predicted octanol–water partition coefficient (Wildman–Crippen LogP) is 1.87. The van der Waals surface area contributed by atoms with Gasteiger partial charge >= 0.3 is 0 Å². The van der Waals surface area contributed by atoms with E-state index in [1.54, 1.807) is 11.8 Å². The van der Waals surface area contributed by atoms with Gasteiger partial charge in [-0.25, -0.2) is 0 Å². The van der Waals surface area contributed by atoms with E-state index < -0.39 is 6.04 Å². The van der Waals surface area contributed by atoms with E-state index in [1.807, 2.05) is 13.8 Å². The lowest BCUT2D eigenvalue weighted by molar-refractivity contribution is -0.127. The van der Waals surface area contributed by atoms with Crippen LogP contribution >= 0.6 is 24.2 Å². The van der Waals surface area contributed by atoms with Crippen LogP contribution in [0.4, 0.5) is 0 Å². The van der Waals surface area contributed by atoms with Crippen molar-refractivity contribution in [3.8, 4) is 0 Å². The highest BCUT2D eigenvalue weighted by molar-refractivity contribution is 7.98. The molecule has 0 aliphatic rings. The van der Waals surface area contributed by atoms with Crippen LogP contribution < -0.4 is 16.4 Å². The van der Waals surface area contributed by atoms with Crippen LogP contribution in [0.25, 0.3) is 0 Å². The van der Waals surface area contributed by atoms with Gasteiger partial charge in [-0.15, -0.1) is 12.4 Å². The number of amides is 2. The van der Waals surface area contributed by atoms with Crippen molar-refractivity contribution in [2.24, 2.45) is 11.7 Å². The average Bonchev–Trinajstić information content (AvgIpc) is 2.53. The largest absolute Gasteiger partial charge is 0.354 e. The smallest absolute Gasteiger partial charge is 0.239 e. The number of nitrogens with one attached hydrogen (secondary N) is 2. The monoisotopic (exact) mass is 373 g/mol. The van der Waals surface area contributed by atoms with Crippen LogP contribution in [0.1, 0.15) is 25.0 Å². The number of thioether (sulfide) groups is 1. The molecule has 0 spiro atoms. The number of nitrogens with two attached hydrogens (primary N) is 1. The summed E-state index contributed by atoms with van der Waals surface area (Å²) in [5, 5.41) is 5.34. The number of carbonyl (C=O) groups is 2. The molecule has 2 amide bonds. The first kappa shape index (κ1) is 22.8. The molecule has 0 heterocycles. The molecule has 0 aromatic heterocycles. The summed E-state index contributed by atoms with van der Waals surface area (Å²) in [5.41, 5.74) is 8.24. The fourth-order valence-corrected chi connectivity index (χ4v) is 2.61. The van der Waals surface area contributed by atoms with Crippen LogP contribution in [-0.2, 0) is 15.3 Å². The number of hydrogen-bond donors (Lipinski definition) is 3. The Morgan fingerprint density at radius 3 is 2.38 bits per heavy atom. The Balaban J connectivity index is 0.00000529. The lowest BCUT2D eigenvalue weighted by atomic mass is 10.1. The third-order valence-corrected chi connectivity index (χ3v) is 4.43. The molecule has 136 valence electrons. The summed E-state index contributed by atoms with van der Waals surface area (Å²) in [7, 11) is 0. The molecule has 0 bridgehead atoms. The fourth-order valence-electron chi connectivity index (χ4n) is 1.79. The SMILES string of the molecule is Cc1ccc(CSCCNC(=O)CNC(=O)[C@@H](N)C(C)C)cc1.Cl. The van der Waals surface area contributed by atoms with Crippen LogP contribution in [-0.4, -0.2) is 36.7 Å². The Hall–Kier alpha value is -1.24. The van der Waals surface area contributed by atoms with Gasteiger partial charge in [0.2, 0.25) is 11.8 Å². The Morgan fingerprint density at radius 2 is 1.79 bits per heavy atom. The molecule has 0 aliphatic heterocycles. The number of benzene rings is 1. The van der Waals surface area contributed by atoms with Gasteiger partial charge in [-0.05, 0) is 18.4 Å². The first-order valence-electron chi connectivity index (χ1n) is 7.83. The maximum Gasteiger partial charge on any atom is 0.239 e. The van der Waals surface area contributed by atoms with E-state index >= 15 is 0 Å². The second-order valence-corrected chi connectivity index (χ2v) is 6.98. The summed E-state index contributed by atoms with van der Waals surface area (Å²) < 4.78 is 0. The summed E-state index contributed by atoms with van der Waals surface area (Å²) in [5.74, 6) is 1.33. The van der Waals surface area contributed by atoms with Gasteiger partial charge < -0.3 is 16.4 Å². The molecule has 1 aromatic rings. The van der Waals surface area contributed by atoms with Crippen LogP contribution in [0, 0.1) is 12.8 Å². The molecule has 0 saturated carbocycles. The number of hydrogen-bond acceptors (Lipinski definition) is 4. The van der Waals surface area contributed by atoms with Crippen molar-refractivity contribution >= 4 is 36.0 Å². The number of aryl methyl sites for hydroxylation is 1. The summed E-state index contributed by atoms with van der Waals surface area (Å²) in [6.07, 6.45) is 0. The minimum Gasteiger partial charge on any atom is -0.354 e. The molecule has 0 saturated heterocycles. The molecule has 7 heteroatoms. The third-order valence-electron chi connectivity index (χ3n) is 3.40. The quantitative estimate of drug-likeness (QED) is 0.577. The number of halogens is 1. The summed E-state index contributed by atoms with van der Waals surface area (Å²) in [6.45, 7) is 6.37. The van der Waals surface area contributed by atoms with Crippen molar-refractivity contribution in [3.63, 3.8) is 0 Å². The lowest BCUT2D eigenvalue weighted by Crippen LogP contribution is -2.47. The molecular formula is C17H28ClN3O2S. The van der Waals surface area contributed by atoms with E-state index in [9.17, 15) is 9.59 Å². The van der Waals surface area contributed by atoms with Crippen molar-refractivity contribution in [1.29, 1.82) is 0 Å². The van der Waals surface area contributed by atoms with E-state index in [1.165, 1.54) is 11.1 Å². The highest BCUT2D eigenvalue weighted by Gasteiger charge is 2.17. The van der Waals surface area contributed by atoms with E-state index in [0.29, 0.717) is 6.54 Å². The van der Waals surface area contributed by atoms with Crippen molar-refractivity contribution < 1.29 is 9.59 Å². The molecule has 1 aromatic carbocycles. The van der Waals surface area contributed by atoms with Gasteiger partial charge in [-0.3, -0.25) is 9.59 Å². The molecule has 1 rings (SSSR count). The molecular weight excluding hydrogens is 346 g/mol. The maximum atomic E-state index is 11.6. The Bertz CT molecular complexity index is 509. The highest BCUT2D eigenvalue weighted by atomic mass is 35.5. The Labute approximate surface area is 154 Å². The van der Waals surface area contributed by atoms with Gasteiger partial charge in [-0.2, -0.15) is 11.8 Å². The van der Waals surface area contributed by atoms with Crippen molar-refractivity contribution in [3.05, 3.63) is 35.4 Å². The normalized spacial score (nSPS) is 11.5. The van der Waals surface area contributed by atoms with Crippen LogP contribution in [0.5, 0.6) is 0 Å². The van der Waals surface area contributed by atoms with Gasteiger partial charge in [0, 0.05) is 18.1 Å². The van der Waals surface area contributed by atoms with E-state index in [2.05, 4.69) is 41.8 Å². The first-order valence-corrected chi connectivity index (χ1v) is 8.99. The predicted molar refractivity (Wildman–Crippen MR) is 103 cm³/mol. The molecule has 4 N–H and O–H groups in total. The first-order chi connectivity index (χ1) is 10.9. The van der Waals surface area contributed by atoms with E-state index in [-0.39, 0.29) is 36.7 Å². The molecule has 1 atom stereocenters. The molecule has 0 fully saturated rings. The van der Waals surface area contributed by atoms with Gasteiger partial charge in [-0.1, -0.05) is 43.7 Å². The van der Waals surface area contributed by atoms with Crippen molar-refractivity contribution in [2.45, 2.75) is 32.6 Å². The van der Waals surface area contributed by atoms with Gasteiger partial charge in [0.1, 0.15) is 0 Å².